The molecule has 0 aliphatic heterocycles. The van der Waals surface area contributed by atoms with Gasteiger partial charge in [-0.2, -0.15) is 0 Å². The van der Waals surface area contributed by atoms with E-state index in [-0.39, 0.29) is 6.61 Å². The highest BCUT2D eigenvalue weighted by atomic mass is 16.3. The first-order chi connectivity index (χ1) is 6.90. The zero-order valence-electron chi connectivity index (χ0n) is 8.06. The molecule has 0 saturated heterocycles. The predicted octanol–water partition coefficient (Wildman–Crippen LogP) is 2.78. The van der Waals surface area contributed by atoms with E-state index in [0.717, 1.165) is 12.0 Å². The molecule has 1 aliphatic rings. The fourth-order valence-corrected chi connectivity index (χ4v) is 1.70. The molecule has 1 atom stereocenters. The summed E-state index contributed by atoms with van der Waals surface area (Å²) in [5, 5.41) is 8.91. The average molecular weight is 186 g/mol. The monoisotopic (exact) mass is 186 g/mol. The molecule has 0 heterocycles. The van der Waals surface area contributed by atoms with Gasteiger partial charge in [0.25, 0.3) is 0 Å². The first-order valence-corrected chi connectivity index (χ1v) is 4.93. The number of hydrogen-bond donors (Lipinski definition) is 1. The molecule has 72 valence electrons. The SMILES string of the molecule is OCc1ccc(C2C=CC=CC2)cc1. The summed E-state index contributed by atoms with van der Waals surface area (Å²) >= 11 is 0. The van der Waals surface area contributed by atoms with Crippen LogP contribution >= 0.6 is 0 Å². The summed E-state index contributed by atoms with van der Waals surface area (Å²) in [6.07, 6.45) is 9.65. The fraction of sp³-hybridized carbons (Fsp3) is 0.231. The van der Waals surface area contributed by atoms with E-state index in [1.807, 2.05) is 12.1 Å². The molecule has 1 unspecified atom stereocenters. The highest BCUT2D eigenvalue weighted by Gasteiger charge is 2.07. The molecule has 1 heteroatoms. The van der Waals surface area contributed by atoms with Crippen LogP contribution in [0.2, 0.25) is 0 Å². The standard InChI is InChI=1S/C13H14O/c14-10-11-6-8-13(9-7-11)12-4-2-1-3-5-12/h1-4,6-9,12,14H,5,10H2. The summed E-state index contributed by atoms with van der Waals surface area (Å²) in [5.74, 6) is 0.507. The Kier molecular flexibility index (Phi) is 2.80. The first kappa shape index (κ1) is 9.22. The van der Waals surface area contributed by atoms with Crippen molar-refractivity contribution < 1.29 is 5.11 Å². The van der Waals surface area contributed by atoms with Crippen LogP contribution in [0.25, 0.3) is 0 Å². The van der Waals surface area contributed by atoms with Gasteiger partial charge in [0.2, 0.25) is 0 Å². The minimum absolute atomic E-state index is 0.126. The van der Waals surface area contributed by atoms with Crippen molar-refractivity contribution in [1.29, 1.82) is 0 Å². The molecule has 0 saturated carbocycles. The van der Waals surface area contributed by atoms with E-state index in [0.29, 0.717) is 5.92 Å². The average Bonchev–Trinajstić information content (AvgIpc) is 2.30. The second kappa shape index (κ2) is 4.25. The van der Waals surface area contributed by atoms with Crippen LogP contribution in [0.3, 0.4) is 0 Å². The van der Waals surface area contributed by atoms with Crippen molar-refractivity contribution in [2.75, 3.05) is 0 Å². The zero-order chi connectivity index (χ0) is 9.80. The second-order valence-electron chi connectivity index (χ2n) is 3.55. The molecule has 2 rings (SSSR count). The third kappa shape index (κ3) is 1.94. The van der Waals surface area contributed by atoms with Gasteiger partial charge in [0.15, 0.2) is 0 Å². The Balaban J connectivity index is 2.16. The zero-order valence-corrected chi connectivity index (χ0v) is 8.06. The number of aliphatic hydroxyl groups excluding tert-OH is 1. The Morgan fingerprint density at radius 3 is 2.50 bits per heavy atom. The van der Waals surface area contributed by atoms with Crippen molar-refractivity contribution in [3.63, 3.8) is 0 Å². The summed E-state index contributed by atoms with van der Waals surface area (Å²) in [5.41, 5.74) is 2.30. The molecule has 0 aromatic heterocycles. The summed E-state index contributed by atoms with van der Waals surface area (Å²) in [6.45, 7) is 0.126. The number of allylic oxidation sites excluding steroid dienone is 4. The van der Waals surface area contributed by atoms with Gasteiger partial charge < -0.3 is 5.11 Å². The van der Waals surface area contributed by atoms with Gasteiger partial charge in [0.05, 0.1) is 6.61 Å². The predicted molar refractivity (Wildman–Crippen MR) is 58.0 cm³/mol. The maximum Gasteiger partial charge on any atom is 0.0681 e. The van der Waals surface area contributed by atoms with Gasteiger partial charge >= 0.3 is 0 Å². The number of aliphatic hydroxyl groups is 1. The lowest BCUT2D eigenvalue weighted by molar-refractivity contribution is 0.282. The lowest BCUT2D eigenvalue weighted by Gasteiger charge is -2.13. The molecule has 0 bridgehead atoms. The van der Waals surface area contributed by atoms with Crippen LogP contribution in [0, 0.1) is 0 Å². The van der Waals surface area contributed by atoms with E-state index in [1.165, 1.54) is 5.56 Å². The van der Waals surface area contributed by atoms with Crippen molar-refractivity contribution >= 4 is 0 Å². The lowest BCUT2D eigenvalue weighted by Crippen LogP contribution is -1.96. The molecule has 1 N–H and O–H groups in total. The van der Waals surface area contributed by atoms with Gasteiger partial charge in [-0.25, -0.2) is 0 Å². The molecule has 0 radical (unpaired) electrons. The van der Waals surface area contributed by atoms with Gasteiger partial charge in [0, 0.05) is 5.92 Å². The molecule has 1 aliphatic carbocycles. The van der Waals surface area contributed by atoms with Crippen LogP contribution in [-0.4, -0.2) is 5.11 Å². The maximum atomic E-state index is 8.91. The molecular formula is C13H14O. The summed E-state index contributed by atoms with van der Waals surface area (Å²) < 4.78 is 0. The summed E-state index contributed by atoms with van der Waals surface area (Å²) in [7, 11) is 0. The lowest BCUT2D eigenvalue weighted by atomic mass is 9.92. The number of rotatable bonds is 2. The quantitative estimate of drug-likeness (QED) is 0.753. The minimum Gasteiger partial charge on any atom is -0.392 e. The highest BCUT2D eigenvalue weighted by molar-refractivity contribution is 5.31. The molecule has 1 nitrogen and oxygen atoms in total. The summed E-state index contributed by atoms with van der Waals surface area (Å²) in [4.78, 5) is 0. The molecule has 14 heavy (non-hydrogen) atoms. The van der Waals surface area contributed by atoms with Crippen LogP contribution in [0.15, 0.2) is 48.6 Å². The van der Waals surface area contributed by atoms with Crippen LogP contribution in [-0.2, 0) is 6.61 Å². The van der Waals surface area contributed by atoms with Crippen molar-refractivity contribution in [2.45, 2.75) is 18.9 Å². The topological polar surface area (TPSA) is 20.2 Å². The largest absolute Gasteiger partial charge is 0.392 e. The minimum atomic E-state index is 0.126. The van der Waals surface area contributed by atoms with Gasteiger partial charge in [-0.05, 0) is 17.5 Å². The van der Waals surface area contributed by atoms with E-state index < -0.39 is 0 Å². The smallest absolute Gasteiger partial charge is 0.0681 e. The Labute approximate surface area is 84.4 Å². The van der Waals surface area contributed by atoms with Crippen LogP contribution in [0.1, 0.15) is 23.5 Å². The second-order valence-corrected chi connectivity index (χ2v) is 3.55. The van der Waals surface area contributed by atoms with Crippen LogP contribution in [0.4, 0.5) is 0 Å². The fourth-order valence-electron chi connectivity index (χ4n) is 1.70. The van der Waals surface area contributed by atoms with E-state index in [1.54, 1.807) is 0 Å². The van der Waals surface area contributed by atoms with E-state index in [4.69, 9.17) is 5.11 Å². The molecule has 0 fully saturated rings. The Morgan fingerprint density at radius 1 is 1.14 bits per heavy atom. The molecule has 0 amide bonds. The van der Waals surface area contributed by atoms with Gasteiger partial charge in [-0.15, -0.1) is 0 Å². The third-order valence-corrected chi connectivity index (χ3v) is 2.57. The third-order valence-electron chi connectivity index (χ3n) is 2.57. The Morgan fingerprint density at radius 2 is 1.93 bits per heavy atom. The van der Waals surface area contributed by atoms with Crippen LogP contribution in [0.5, 0.6) is 0 Å². The van der Waals surface area contributed by atoms with Crippen molar-refractivity contribution in [1.82, 2.24) is 0 Å². The maximum absolute atomic E-state index is 8.91. The number of benzene rings is 1. The van der Waals surface area contributed by atoms with Crippen molar-refractivity contribution in [3.05, 3.63) is 59.7 Å². The van der Waals surface area contributed by atoms with E-state index in [9.17, 15) is 0 Å². The Hall–Kier alpha value is -1.34. The molecular weight excluding hydrogens is 172 g/mol. The van der Waals surface area contributed by atoms with Crippen LogP contribution < -0.4 is 0 Å². The van der Waals surface area contributed by atoms with E-state index in [2.05, 4.69) is 36.4 Å². The molecule has 0 spiro atoms. The highest BCUT2D eigenvalue weighted by Crippen LogP contribution is 2.24. The number of hydrogen-bond acceptors (Lipinski definition) is 1. The first-order valence-electron chi connectivity index (χ1n) is 4.93. The van der Waals surface area contributed by atoms with Crippen molar-refractivity contribution in [2.24, 2.45) is 0 Å². The van der Waals surface area contributed by atoms with Gasteiger partial charge in [-0.1, -0.05) is 48.6 Å². The van der Waals surface area contributed by atoms with Crippen molar-refractivity contribution in [3.8, 4) is 0 Å². The van der Waals surface area contributed by atoms with Gasteiger partial charge in [-0.3, -0.25) is 0 Å². The Bertz CT molecular complexity index is 346. The van der Waals surface area contributed by atoms with Gasteiger partial charge in [0.1, 0.15) is 0 Å². The molecule has 1 aromatic rings. The normalized spacial score (nSPS) is 19.9. The van der Waals surface area contributed by atoms with E-state index >= 15 is 0 Å². The summed E-state index contributed by atoms with van der Waals surface area (Å²) in [6, 6.07) is 8.17. The molecule has 1 aromatic carbocycles.